The van der Waals surface area contributed by atoms with Gasteiger partial charge in [0.2, 0.25) is 0 Å². The fourth-order valence-corrected chi connectivity index (χ4v) is 3.09. The average molecular weight is 328 g/mol. The van der Waals surface area contributed by atoms with Crippen LogP contribution in [0.3, 0.4) is 0 Å². The molecular weight excluding hydrogens is 292 g/mol. The van der Waals surface area contributed by atoms with E-state index in [1.54, 1.807) is 7.11 Å². The normalized spacial score (nSPS) is 20.7. The lowest BCUT2D eigenvalue weighted by Gasteiger charge is -2.30. The summed E-state index contributed by atoms with van der Waals surface area (Å²) in [7, 11) is 1.75. The van der Waals surface area contributed by atoms with Crippen molar-refractivity contribution in [1.82, 2.24) is 10.2 Å². The Morgan fingerprint density at radius 3 is 2.52 bits per heavy atom. The van der Waals surface area contributed by atoms with Gasteiger partial charge in [0.1, 0.15) is 5.60 Å². The van der Waals surface area contributed by atoms with Gasteiger partial charge in [-0.2, -0.15) is 0 Å². The number of carbonyl (C=O) groups is 1. The van der Waals surface area contributed by atoms with Crippen LogP contribution in [-0.4, -0.2) is 54.5 Å². The lowest BCUT2D eigenvalue weighted by Crippen LogP contribution is -2.42. The van der Waals surface area contributed by atoms with Crippen molar-refractivity contribution in [1.29, 1.82) is 0 Å². The maximum Gasteiger partial charge on any atom is 0.410 e. The van der Waals surface area contributed by atoms with Crippen LogP contribution in [0.4, 0.5) is 4.79 Å². The number of hydrogen-bond donors (Lipinski definition) is 1. The van der Waals surface area contributed by atoms with Crippen LogP contribution in [0.1, 0.15) is 67.2 Å². The first kappa shape index (κ1) is 20.2. The molecular formula is C18H36N2O3. The monoisotopic (exact) mass is 328 g/mol. The Bertz CT molecular complexity index is 377. The van der Waals surface area contributed by atoms with E-state index in [1.807, 2.05) is 25.7 Å². The summed E-state index contributed by atoms with van der Waals surface area (Å²) in [6.07, 6.45) is 3.89. The maximum atomic E-state index is 12.3. The smallest absolute Gasteiger partial charge is 0.410 e. The number of ether oxygens (including phenoxy) is 2. The van der Waals surface area contributed by atoms with Crippen molar-refractivity contribution in [3.63, 3.8) is 0 Å². The number of carbonyl (C=O) groups excluding carboxylic acids is 1. The zero-order valence-electron chi connectivity index (χ0n) is 16.1. The van der Waals surface area contributed by atoms with Crippen LogP contribution >= 0.6 is 0 Å². The van der Waals surface area contributed by atoms with Gasteiger partial charge in [-0.05, 0) is 73.8 Å². The van der Waals surface area contributed by atoms with E-state index < -0.39 is 5.60 Å². The Morgan fingerprint density at radius 1 is 1.30 bits per heavy atom. The van der Waals surface area contributed by atoms with Gasteiger partial charge in [0.05, 0.1) is 5.60 Å². The minimum atomic E-state index is -0.428. The van der Waals surface area contributed by atoms with E-state index in [2.05, 4.69) is 26.1 Å². The average Bonchev–Trinajstić information content (AvgIpc) is 2.84. The summed E-state index contributed by atoms with van der Waals surface area (Å²) in [5.41, 5.74) is -0.537. The topological polar surface area (TPSA) is 50.8 Å². The molecule has 136 valence electrons. The van der Waals surface area contributed by atoms with E-state index in [1.165, 1.54) is 0 Å². The molecule has 0 aromatic heterocycles. The number of hydrogen-bond acceptors (Lipinski definition) is 4. The molecule has 1 aliphatic heterocycles. The molecule has 1 heterocycles. The lowest BCUT2D eigenvalue weighted by molar-refractivity contribution is 0.00838. The van der Waals surface area contributed by atoms with Crippen LogP contribution in [0, 0.1) is 0 Å². The van der Waals surface area contributed by atoms with Crippen molar-refractivity contribution < 1.29 is 14.3 Å². The summed E-state index contributed by atoms with van der Waals surface area (Å²) in [4.78, 5) is 14.2. The second-order valence-corrected chi connectivity index (χ2v) is 8.28. The summed E-state index contributed by atoms with van der Waals surface area (Å²) in [5, 5.41) is 3.55. The Balaban J connectivity index is 2.37. The van der Waals surface area contributed by atoms with Crippen molar-refractivity contribution in [2.75, 3.05) is 20.2 Å². The van der Waals surface area contributed by atoms with Gasteiger partial charge < -0.3 is 19.7 Å². The van der Waals surface area contributed by atoms with Gasteiger partial charge >= 0.3 is 6.09 Å². The molecule has 5 nitrogen and oxygen atoms in total. The third-order valence-corrected chi connectivity index (χ3v) is 4.33. The molecule has 0 aromatic rings. The van der Waals surface area contributed by atoms with E-state index in [0.29, 0.717) is 12.1 Å². The van der Waals surface area contributed by atoms with Gasteiger partial charge in [-0.1, -0.05) is 0 Å². The Labute approximate surface area is 142 Å². The molecule has 2 unspecified atom stereocenters. The number of likely N-dealkylation sites (tertiary alicyclic amines) is 1. The highest BCUT2D eigenvalue weighted by atomic mass is 16.6. The van der Waals surface area contributed by atoms with Crippen LogP contribution in [0.2, 0.25) is 0 Å². The molecule has 0 aliphatic carbocycles. The summed E-state index contributed by atoms with van der Waals surface area (Å²) in [6, 6.07) is 0.682. The van der Waals surface area contributed by atoms with Crippen LogP contribution in [0.5, 0.6) is 0 Å². The van der Waals surface area contributed by atoms with Gasteiger partial charge in [-0.3, -0.25) is 0 Å². The molecule has 1 amide bonds. The van der Waals surface area contributed by atoms with E-state index in [9.17, 15) is 4.79 Å². The largest absolute Gasteiger partial charge is 0.444 e. The van der Waals surface area contributed by atoms with E-state index >= 15 is 0 Å². The Hall–Kier alpha value is -0.810. The van der Waals surface area contributed by atoms with Crippen molar-refractivity contribution >= 4 is 6.09 Å². The molecule has 0 bridgehead atoms. The minimum absolute atomic E-state index is 0.109. The molecule has 23 heavy (non-hydrogen) atoms. The second kappa shape index (κ2) is 8.34. The third kappa shape index (κ3) is 7.53. The zero-order valence-corrected chi connectivity index (χ0v) is 16.1. The highest BCUT2D eigenvalue weighted by Gasteiger charge is 2.31. The summed E-state index contributed by atoms with van der Waals surface area (Å²) in [6.45, 7) is 13.8. The highest BCUT2D eigenvalue weighted by molar-refractivity contribution is 5.68. The van der Waals surface area contributed by atoms with E-state index in [4.69, 9.17) is 9.47 Å². The van der Waals surface area contributed by atoms with Crippen LogP contribution < -0.4 is 5.32 Å². The summed E-state index contributed by atoms with van der Waals surface area (Å²) in [5.74, 6) is 0. The first-order valence-corrected chi connectivity index (χ1v) is 8.82. The van der Waals surface area contributed by atoms with Gasteiger partial charge in [0.25, 0.3) is 0 Å². The quantitative estimate of drug-likeness (QED) is 0.776. The zero-order chi connectivity index (χ0) is 17.7. The lowest BCUT2D eigenvalue weighted by atomic mass is 9.99. The summed E-state index contributed by atoms with van der Waals surface area (Å²) < 4.78 is 11.0. The van der Waals surface area contributed by atoms with Gasteiger partial charge in [-0.15, -0.1) is 0 Å². The SMILES string of the molecule is COC(C)(C)CC(C)NCCC1CCCN1C(=O)OC(C)(C)C. The maximum absolute atomic E-state index is 12.3. The van der Waals surface area contributed by atoms with Crippen molar-refractivity contribution in [3.8, 4) is 0 Å². The second-order valence-electron chi connectivity index (χ2n) is 8.28. The number of amides is 1. The fraction of sp³-hybridized carbons (Fsp3) is 0.944. The molecule has 5 heteroatoms. The van der Waals surface area contributed by atoms with Crippen molar-refractivity contribution in [3.05, 3.63) is 0 Å². The number of nitrogens with one attached hydrogen (secondary N) is 1. The third-order valence-electron chi connectivity index (χ3n) is 4.33. The molecule has 0 saturated carbocycles. The highest BCUT2D eigenvalue weighted by Crippen LogP contribution is 2.23. The molecule has 2 atom stereocenters. The molecule has 0 spiro atoms. The van der Waals surface area contributed by atoms with Crippen LogP contribution in [-0.2, 0) is 9.47 Å². The van der Waals surface area contributed by atoms with Crippen LogP contribution in [0.15, 0.2) is 0 Å². The first-order chi connectivity index (χ1) is 10.5. The standard InChI is InChI=1S/C18H36N2O3/c1-14(13-18(5,6)22-7)19-11-10-15-9-8-12-20(15)16(21)23-17(2,3)4/h14-15,19H,8-13H2,1-7H3. The van der Waals surface area contributed by atoms with Crippen molar-refractivity contribution in [2.45, 2.75) is 90.5 Å². The number of nitrogens with zero attached hydrogens (tertiary/aromatic N) is 1. The van der Waals surface area contributed by atoms with Crippen LogP contribution in [0.25, 0.3) is 0 Å². The fourth-order valence-electron chi connectivity index (χ4n) is 3.09. The number of rotatable bonds is 7. The molecule has 1 aliphatic rings. The minimum Gasteiger partial charge on any atom is -0.444 e. The summed E-state index contributed by atoms with van der Waals surface area (Å²) >= 11 is 0. The molecule has 1 fully saturated rings. The predicted molar refractivity (Wildman–Crippen MR) is 93.7 cm³/mol. The van der Waals surface area contributed by atoms with Gasteiger partial charge in [0.15, 0.2) is 0 Å². The van der Waals surface area contributed by atoms with E-state index in [0.717, 1.165) is 38.8 Å². The Kier molecular flexibility index (Phi) is 7.33. The first-order valence-electron chi connectivity index (χ1n) is 8.82. The van der Waals surface area contributed by atoms with Crippen molar-refractivity contribution in [2.24, 2.45) is 0 Å². The molecule has 1 N–H and O–H groups in total. The van der Waals surface area contributed by atoms with Gasteiger partial charge in [-0.25, -0.2) is 4.79 Å². The molecule has 0 aromatic carbocycles. The Morgan fingerprint density at radius 2 is 1.96 bits per heavy atom. The van der Waals surface area contributed by atoms with Gasteiger partial charge in [0, 0.05) is 25.7 Å². The van der Waals surface area contributed by atoms with E-state index in [-0.39, 0.29) is 11.7 Å². The molecule has 1 saturated heterocycles. The molecule has 0 radical (unpaired) electrons. The predicted octanol–water partition coefficient (Wildman–Crippen LogP) is 3.57. The molecule has 1 rings (SSSR count). The number of methoxy groups -OCH3 is 1.